The number of fused-ring (bicyclic) bond motifs is 1. The van der Waals surface area contributed by atoms with E-state index in [1.54, 1.807) is 30.3 Å². The molecular formula is C18H11Cl2NO3. The Morgan fingerprint density at radius 3 is 2.17 bits per heavy atom. The Kier molecular flexibility index (Phi) is 4.26. The van der Waals surface area contributed by atoms with Crippen LogP contribution in [0.5, 0.6) is 0 Å². The Labute approximate surface area is 148 Å². The standard InChI is InChI=1S/C18H11Cl2NO3/c1-21(18(24)10-5-4-6-11(19)9-10)15-14(20)16(22)12-7-2-3-8-13(12)17(15)23/h2-9H,1H3. The van der Waals surface area contributed by atoms with Crippen LogP contribution in [0.4, 0.5) is 0 Å². The summed E-state index contributed by atoms with van der Waals surface area (Å²) in [5.74, 6) is -1.42. The Hall–Kier alpha value is -2.43. The summed E-state index contributed by atoms with van der Waals surface area (Å²) in [5, 5.41) is 0.127. The van der Waals surface area contributed by atoms with Crippen molar-refractivity contribution in [3.05, 3.63) is 81.0 Å². The van der Waals surface area contributed by atoms with Crippen molar-refractivity contribution < 1.29 is 14.4 Å². The average Bonchev–Trinajstić information content (AvgIpc) is 2.59. The third-order valence-electron chi connectivity index (χ3n) is 3.75. The SMILES string of the molecule is CN(C(=O)c1cccc(Cl)c1)C1=C(Cl)C(=O)c2ccccc2C1=O. The monoisotopic (exact) mass is 359 g/mol. The maximum atomic E-state index is 12.7. The topological polar surface area (TPSA) is 54.5 Å². The van der Waals surface area contributed by atoms with Crippen LogP contribution < -0.4 is 0 Å². The minimum Gasteiger partial charge on any atom is -0.307 e. The van der Waals surface area contributed by atoms with Gasteiger partial charge in [-0.3, -0.25) is 14.4 Å². The molecule has 1 amide bonds. The highest BCUT2D eigenvalue weighted by atomic mass is 35.5. The van der Waals surface area contributed by atoms with Crippen molar-refractivity contribution in [2.24, 2.45) is 0 Å². The van der Waals surface area contributed by atoms with E-state index in [1.165, 1.54) is 25.2 Å². The number of likely N-dealkylation sites (N-methyl/N-ethyl adjacent to an activating group) is 1. The molecule has 120 valence electrons. The molecule has 0 saturated heterocycles. The normalized spacial score (nSPS) is 13.8. The number of hydrogen-bond donors (Lipinski definition) is 0. The quantitative estimate of drug-likeness (QED) is 0.815. The number of rotatable bonds is 2. The second kappa shape index (κ2) is 6.23. The summed E-state index contributed by atoms with van der Waals surface area (Å²) in [4.78, 5) is 38.8. The Morgan fingerprint density at radius 1 is 0.917 bits per heavy atom. The lowest BCUT2D eigenvalue weighted by Crippen LogP contribution is -2.34. The molecule has 0 atom stereocenters. The predicted octanol–water partition coefficient (Wildman–Crippen LogP) is 3.94. The Morgan fingerprint density at radius 2 is 1.54 bits per heavy atom. The van der Waals surface area contributed by atoms with Crippen molar-refractivity contribution in [3.8, 4) is 0 Å². The van der Waals surface area contributed by atoms with Crippen LogP contribution in [0.25, 0.3) is 0 Å². The third kappa shape index (κ3) is 2.64. The van der Waals surface area contributed by atoms with E-state index in [0.717, 1.165) is 4.90 Å². The van der Waals surface area contributed by atoms with Gasteiger partial charge >= 0.3 is 0 Å². The van der Waals surface area contributed by atoms with E-state index in [0.29, 0.717) is 10.6 Å². The number of carbonyl (C=O) groups excluding carboxylic acids is 3. The number of carbonyl (C=O) groups is 3. The van der Waals surface area contributed by atoms with Gasteiger partial charge in [0.25, 0.3) is 5.91 Å². The highest BCUT2D eigenvalue weighted by Crippen LogP contribution is 2.30. The van der Waals surface area contributed by atoms with Gasteiger partial charge in [0, 0.05) is 28.8 Å². The van der Waals surface area contributed by atoms with Crippen LogP contribution in [0.15, 0.2) is 59.3 Å². The van der Waals surface area contributed by atoms with Crippen LogP contribution in [-0.4, -0.2) is 29.4 Å². The molecule has 24 heavy (non-hydrogen) atoms. The van der Waals surface area contributed by atoms with Crippen molar-refractivity contribution in [2.75, 3.05) is 7.05 Å². The smallest absolute Gasteiger partial charge is 0.258 e. The van der Waals surface area contributed by atoms with Crippen LogP contribution in [0.1, 0.15) is 31.1 Å². The van der Waals surface area contributed by atoms with Gasteiger partial charge in [-0.15, -0.1) is 0 Å². The van der Waals surface area contributed by atoms with Crippen molar-refractivity contribution in [1.82, 2.24) is 4.90 Å². The van der Waals surface area contributed by atoms with Crippen molar-refractivity contribution in [1.29, 1.82) is 0 Å². The second-order valence-electron chi connectivity index (χ2n) is 5.24. The molecule has 2 aromatic rings. The molecule has 0 N–H and O–H groups in total. The molecule has 0 aromatic heterocycles. The zero-order chi connectivity index (χ0) is 17.4. The zero-order valence-electron chi connectivity index (χ0n) is 12.5. The first kappa shape index (κ1) is 16.4. The van der Waals surface area contributed by atoms with E-state index in [4.69, 9.17) is 23.2 Å². The molecule has 0 spiro atoms. The van der Waals surface area contributed by atoms with E-state index in [2.05, 4.69) is 0 Å². The fourth-order valence-corrected chi connectivity index (χ4v) is 3.05. The molecule has 0 radical (unpaired) electrons. The molecule has 2 aromatic carbocycles. The molecule has 0 saturated carbocycles. The van der Waals surface area contributed by atoms with Crippen LogP contribution in [-0.2, 0) is 0 Å². The highest BCUT2D eigenvalue weighted by molar-refractivity contribution is 6.50. The van der Waals surface area contributed by atoms with Gasteiger partial charge in [0.2, 0.25) is 11.6 Å². The number of allylic oxidation sites excluding steroid dienone is 2. The summed E-state index contributed by atoms with van der Waals surface area (Å²) in [5.41, 5.74) is 0.624. The van der Waals surface area contributed by atoms with Gasteiger partial charge < -0.3 is 4.90 Å². The largest absolute Gasteiger partial charge is 0.307 e. The maximum Gasteiger partial charge on any atom is 0.258 e. The van der Waals surface area contributed by atoms with Gasteiger partial charge in [0.05, 0.1) is 0 Å². The number of benzene rings is 2. The van der Waals surface area contributed by atoms with Gasteiger partial charge in [0.1, 0.15) is 10.7 Å². The van der Waals surface area contributed by atoms with Crippen molar-refractivity contribution in [2.45, 2.75) is 0 Å². The van der Waals surface area contributed by atoms with Gasteiger partial charge in [-0.05, 0) is 18.2 Å². The molecule has 0 heterocycles. The number of ketones is 2. The highest BCUT2D eigenvalue weighted by Gasteiger charge is 2.35. The van der Waals surface area contributed by atoms with Crippen molar-refractivity contribution in [3.63, 3.8) is 0 Å². The lowest BCUT2D eigenvalue weighted by atomic mass is 9.92. The first-order valence-corrected chi connectivity index (χ1v) is 7.79. The van der Waals surface area contributed by atoms with E-state index in [1.807, 2.05) is 0 Å². The number of halogens is 2. The van der Waals surface area contributed by atoms with E-state index < -0.39 is 17.5 Å². The Balaban J connectivity index is 2.05. The fourth-order valence-electron chi connectivity index (χ4n) is 2.55. The van der Waals surface area contributed by atoms with Crippen LogP contribution in [0.2, 0.25) is 5.02 Å². The van der Waals surface area contributed by atoms with Crippen LogP contribution in [0.3, 0.4) is 0 Å². The van der Waals surface area contributed by atoms with Crippen molar-refractivity contribution >= 4 is 40.7 Å². The minimum absolute atomic E-state index is 0.134. The van der Waals surface area contributed by atoms with Gasteiger partial charge in [-0.1, -0.05) is 53.5 Å². The van der Waals surface area contributed by atoms with E-state index in [9.17, 15) is 14.4 Å². The number of nitrogens with zero attached hydrogens (tertiary/aromatic N) is 1. The molecule has 6 heteroatoms. The van der Waals surface area contributed by atoms with Gasteiger partial charge in [-0.25, -0.2) is 0 Å². The summed E-state index contributed by atoms with van der Waals surface area (Å²) in [7, 11) is 1.40. The second-order valence-corrected chi connectivity index (χ2v) is 6.06. The molecule has 0 unspecified atom stereocenters. The lowest BCUT2D eigenvalue weighted by molar-refractivity contribution is 0.0795. The number of Topliss-reactive ketones (excluding diaryl/α,β-unsaturated/α-hetero) is 2. The molecule has 1 aliphatic carbocycles. The fraction of sp³-hybridized carbons (Fsp3) is 0.0556. The molecule has 0 aliphatic heterocycles. The third-order valence-corrected chi connectivity index (χ3v) is 4.34. The van der Waals surface area contributed by atoms with E-state index >= 15 is 0 Å². The summed E-state index contributed by atoms with van der Waals surface area (Å²) < 4.78 is 0. The zero-order valence-corrected chi connectivity index (χ0v) is 14.1. The molecule has 0 bridgehead atoms. The molecule has 1 aliphatic rings. The van der Waals surface area contributed by atoms with Crippen LogP contribution >= 0.6 is 23.2 Å². The summed E-state index contributed by atoms with van der Waals surface area (Å²) in [6.07, 6.45) is 0. The number of hydrogen-bond acceptors (Lipinski definition) is 3. The van der Waals surface area contributed by atoms with Crippen LogP contribution in [0, 0.1) is 0 Å². The van der Waals surface area contributed by atoms with Gasteiger partial charge in [-0.2, -0.15) is 0 Å². The minimum atomic E-state index is -0.480. The predicted molar refractivity (Wildman–Crippen MR) is 91.5 cm³/mol. The molecule has 3 rings (SSSR count). The molecular weight excluding hydrogens is 349 g/mol. The summed E-state index contributed by atoms with van der Waals surface area (Å²) in [6.45, 7) is 0. The molecule has 4 nitrogen and oxygen atoms in total. The average molecular weight is 360 g/mol. The van der Waals surface area contributed by atoms with E-state index in [-0.39, 0.29) is 21.9 Å². The first-order valence-electron chi connectivity index (χ1n) is 7.03. The number of amides is 1. The Bertz CT molecular complexity index is 918. The molecule has 0 fully saturated rings. The first-order chi connectivity index (χ1) is 11.4. The summed E-state index contributed by atoms with van der Waals surface area (Å²) in [6, 6.07) is 12.7. The maximum absolute atomic E-state index is 12.7. The summed E-state index contributed by atoms with van der Waals surface area (Å²) >= 11 is 12.0. The lowest BCUT2D eigenvalue weighted by Gasteiger charge is -2.25. The van der Waals surface area contributed by atoms with Gasteiger partial charge in [0.15, 0.2) is 0 Å².